The molecule has 1 aromatic rings. The van der Waals surface area contributed by atoms with E-state index < -0.39 is 0 Å². The maximum absolute atomic E-state index is 6.25. The second kappa shape index (κ2) is 4.35. The van der Waals surface area contributed by atoms with E-state index in [0.717, 1.165) is 38.1 Å². The summed E-state index contributed by atoms with van der Waals surface area (Å²) < 4.78 is 11.5. The molecule has 3 heterocycles. The molecule has 0 amide bonds. The Morgan fingerprint density at radius 2 is 2.29 bits per heavy atom. The second-order valence-electron chi connectivity index (χ2n) is 4.70. The highest BCUT2D eigenvalue weighted by Gasteiger charge is 2.40. The van der Waals surface area contributed by atoms with Gasteiger partial charge in [-0.1, -0.05) is 0 Å². The van der Waals surface area contributed by atoms with Gasteiger partial charge in [-0.05, 0) is 37.4 Å². The van der Waals surface area contributed by atoms with Gasteiger partial charge in [-0.2, -0.15) is 0 Å². The maximum Gasteiger partial charge on any atom is 0.138 e. The van der Waals surface area contributed by atoms with Crippen LogP contribution in [0.15, 0.2) is 17.7 Å². The number of fused-ring (bicyclic) bond motifs is 1. The fraction of sp³-hybridized carbons (Fsp3) is 0.538. The molecule has 3 nitrogen and oxygen atoms in total. The summed E-state index contributed by atoms with van der Waals surface area (Å²) in [4.78, 5) is 1.23. The largest absolute Gasteiger partial charge is 0.504 e. The molecule has 4 heteroatoms. The number of rotatable bonds is 1. The molecule has 0 unspecified atom stereocenters. The summed E-state index contributed by atoms with van der Waals surface area (Å²) in [6.07, 6.45) is 4.99. The van der Waals surface area contributed by atoms with Crippen molar-refractivity contribution in [1.82, 2.24) is 5.32 Å². The Balaban J connectivity index is 1.96. The van der Waals surface area contributed by atoms with E-state index in [1.165, 1.54) is 10.5 Å². The quantitative estimate of drug-likeness (QED) is 0.778. The summed E-state index contributed by atoms with van der Waals surface area (Å²) in [5.74, 6) is 1.03. The smallest absolute Gasteiger partial charge is 0.138 e. The summed E-state index contributed by atoms with van der Waals surface area (Å²) in [6.45, 7) is 2.08. The molecule has 2 aliphatic rings. The van der Waals surface area contributed by atoms with E-state index >= 15 is 0 Å². The summed E-state index contributed by atoms with van der Waals surface area (Å²) in [6, 6.07) is 2.08. The number of thiophene rings is 1. The van der Waals surface area contributed by atoms with Gasteiger partial charge in [0.1, 0.15) is 11.4 Å². The van der Waals surface area contributed by atoms with Crippen molar-refractivity contribution >= 4 is 16.9 Å². The van der Waals surface area contributed by atoms with E-state index in [1.807, 2.05) is 6.26 Å². The Hall–Kier alpha value is -1.000. The molecule has 0 saturated carbocycles. The fourth-order valence-electron chi connectivity index (χ4n) is 2.71. The van der Waals surface area contributed by atoms with Crippen molar-refractivity contribution < 1.29 is 9.47 Å². The lowest BCUT2D eigenvalue weighted by Gasteiger charge is -2.41. The first kappa shape index (κ1) is 11.1. The van der Waals surface area contributed by atoms with E-state index in [1.54, 1.807) is 18.4 Å². The summed E-state index contributed by atoms with van der Waals surface area (Å²) >= 11 is 1.73. The Kier molecular flexibility index (Phi) is 2.84. The molecule has 1 saturated heterocycles. The highest BCUT2D eigenvalue weighted by atomic mass is 32.1. The number of hydrogen-bond acceptors (Lipinski definition) is 4. The van der Waals surface area contributed by atoms with Gasteiger partial charge in [0.2, 0.25) is 0 Å². The molecule has 0 bridgehead atoms. The molecule has 92 valence electrons. The number of ether oxygens (including phenoxy) is 2. The maximum atomic E-state index is 6.25. The van der Waals surface area contributed by atoms with Crippen LogP contribution in [0.2, 0.25) is 0 Å². The van der Waals surface area contributed by atoms with Crippen molar-refractivity contribution in [3.8, 4) is 5.75 Å². The highest BCUT2D eigenvalue weighted by Crippen LogP contribution is 2.46. The molecule has 17 heavy (non-hydrogen) atoms. The minimum Gasteiger partial charge on any atom is -0.504 e. The molecule has 1 fully saturated rings. The van der Waals surface area contributed by atoms with Crippen LogP contribution in [0.3, 0.4) is 0 Å². The minimum atomic E-state index is -0.0102. The van der Waals surface area contributed by atoms with E-state index in [2.05, 4.69) is 16.8 Å². The Morgan fingerprint density at radius 3 is 3.06 bits per heavy atom. The SMILES string of the molecule is COC=C1CC2(CCNCC2)Oc2ccsc21. The van der Waals surface area contributed by atoms with Gasteiger partial charge in [0, 0.05) is 12.0 Å². The first-order valence-electron chi connectivity index (χ1n) is 6.02. The van der Waals surface area contributed by atoms with E-state index in [-0.39, 0.29) is 5.60 Å². The van der Waals surface area contributed by atoms with Gasteiger partial charge in [-0.25, -0.2) is 0 Å². The summed E-state index contributed by atoms with van der Waals surface area (Å²) in [5.41, 5.74) is 1.27. The van der Waals surface area contributed by atoms with E-state index in [4.69, 9.17) is 9.47 Å². The molecule has 2 aliphatic heterocycles. The van der Waals surface area contributed by atoms with Gasteiger partial charge < -0.3 is 14.8 Å². The fourth-order valence-corrected chi connectivity index (χ4v) is 3.53. The molecule has 0 radical (unpaired) electrons. The van der Waals surface area contributed by atoms with Crippen molar-refractivity contribution in [2.75, 3.05) is 20.2 Å². The molecule has 3 rings (SSSR count). The molecule has 0 aromatic carbocycles. The molecule has 1 spiro atoms. The van der Waals surface area contributed by atoms with Crippen LogP contribution >= 0.6 is 11.3 Å². The van der Waals surface area contributed by atoms with Crippen molar-refractivity contribution in [1.29, 1.82) is 0 Å². The van der Waals surface area contributed by atoms with Crippen LogP contribution in [-0.2, 0) is 4.74 Å². The average molecular weight is 251 g/mol. The van der Waals surface area contributed by atoms with Crippen LogP contribution < -0.4 is 10.1 Å². The van der Waals surface area contributed by atoms with Crippen molar-refractivity contribution in [3.63, 3.8) is 0 Å². The molecule has 1 N–H and O–H groups in total. The molecule has 0 atom stereocenters. The van der Waals surface area contributed by atoms with E-state index in [9.17, 15) is 0 Å². The second-order valence-corrected chi connectivity index (χ2v) is 5.62. The molecule has 0 aliphatic carbocycles. The van der Waals surface area contributed by atoms with Crippen LogP contribution in [0.25, 0.3) is 5.57 Å². The Labute approximate surface area is 105 Å². The highest BCUT2D eigenvalue weighted by molar-refractivity contribution is 7.11. The average Bonchev–Trinajstić information content (AvgIpc) is 2.78. The van der Waals surface area contributed by atoms with Crippen LogP contribution in [0.4, 0.5) is 0 Å². The van der Waals surface area contributed by atoms with Crippen molar-refractivity contribution in [2.45, 2.75) is 24.9 Å². The zero-order valence-electron chi connectivity index (χ0n) is 9.99. The lowest BCUT2D eigenvalue weighted by atomic mass is 9.83. The van der Waals surface area contributed by atoms with Gasteiger partial charge >= 0.3 is 0 Å². The number of methoxy groups -OCH3 is 1. The number of hydrogen-bond donors (Lipinski definition) is 1. The predicted octanol–water partition coefficient (Wildman–Crippen LogP) is 2.64. The molecular formula is C13H17NO2S. The zero-order valence-corrected chi connectivity index (χ0v) is 10.8. The Morgan fingerprint density at radius 1 is 1.47 bits per heavy atom. The summed E-state index contributed by atoms with van der Waals surface area (Å²) in [5, 5.41) is 5.48. The van der Waals surface area contributed by atoms with Gasteiger partial charge in [-0.15, -0.1) is 11.3 Å². The minimum absolute atomic E-state index is 0.0102. The Bertz CT molecular complexity index is 432. The lowest BCUT2D eigenvalue weighted by molar-refractivity contribution is 0.0360. The first-order chi connectivity index (χ1) is 8.33. The van der Waals surface area contributed by atoms with Gasteiger partial charge in [-0.3, -0.25) is 0 Å². The van der Waals surface area contributed by atoms with Crippen LogP contribution in [0.5, 0.6) is 5.75 Å². The standard InChI is InChI=1S/C13H17NO2S/c1-15-9-10-8-13(3-5-14-6-4-13)16-11-2-7-17-12(10)11/h2,7,9,14H,3-6,8H2,1H3. The number of nitrogens with one attached hydrogen (secondary N) is 1. The van der Waals surface area contributed by atoms with Crippen LogP contribution in [0.1, 0.15) is 24.1 Å². The third-order valence-electron chi connectivity index (χ3n) is 3.53. The monoisotopic (exact) mass is 251 g/mol. The summed E-state index contributed by atoms with van der Waals surface area (Å²) in [7, 11) is 1.71. The van der Waals surface area contributed by atoms with Gasteiger partial charge in [0.05, 0.1) is 18.2 Å². The topological polar surface area (TPSA) is 30.5 Å². The lowest BCUT2D eigenvalue weighted by Crippen LogP contribution is -2.47. The van der Waals surface area contributed by atoms with Gasteiger partial charge in [0.15, 0.2) is 0 Å². The van der Waals surface area contributed by atoms with Crippen LogP contribution in [0, 0.1) is 0 Å². The normalized spacial score (nSPS) is 24.4. The van der Waals surface area contributed by atoms with Crippen LogP contribution in [-0.4, -0.2) is 25.8 Å². The van der Waals surface area contributed by atoms with Gasteiger partial charge in [0.25, 0.3) is 0 Å². The molecular weight excluding hydrogens is 234 g/mol. The van der Waals surface area contributed by atoms with E-state index in [0.29, 0.717) is 0 Å². The third kappa shape index (κ3) is 1.96. The predicted molar refractivity (Wildman–Crippen MR) is 69.4 cm³/mol. The zero-order chi connectivity index (χ0) is 11.7. The van der Waals surface area contributed by atoms with Crippen molar-refractivity contribution in [3.05, 3.63) is 22.6 Å². The number of piperidine rings is 1. The third-order valence-corrected chi connectivity index (χ3v) is 4.51. The first-order valence-corrected chi connectivity index (χ1v) is 6.90. The van der Waals surface area contributed by atoms with Crippen molar-refractivity contribution in [2.24, 2.45) is 0 Å². The molecule has 1 aromatic heterocycles.